The minimum atomic E-state index is -3.39. The van der Waals surface area contributed by atoms with Gasteiger partial charge in [-0.15, -0.1) is 0 Å². The first-order valence-corrected chi connectivity index (χ1v) is 5.60. The third kappa shape index (κ3) is 2.78. The molecule has 0 aromatic carbocycles. The summed E-state index contributed by atoms with van der Waals surface area (Å²) >= 11 is 0. The van der Waals surface area contributed by atoms with Gasteiger partial charge in [-0.1, -0.05) is 0 Å². The molecular weight excluding hydrogens is 180 g/mol. The van der Waals surface area contributed by atoms with E-state index in [0.717, 1.165) is 12.8 Å². The average Bonchev–Trinajstić information content (AvgIpc) is 2.32. The number of nitrogens with one attached hydrogen (secondary N) is 2. The molecule has 1 atom stereocenters. The molecule has 1 saturated heterocycles. The zero-order valence-corrected chi connectivity index (χ0v) is 7.65. The Morgan fingerprint density at radius 2 is 2.25 bits per heavy atom. The van der Waals surface area contributed by atoms with Crippen molar-refractivity contribution in [1.29, 1.82) is 0 Å². The molecule has 0 saturated carbocycles. The lowest BCUT2D eigenvalue weighted by Crippen LogP contribution is -2.35. The van der Waals surface area contributed by atoms with Crippen molar-refractivity contribution < 1.29 is 13.2 Å². The van der Waals surface area contributed by atoms with Crippen molar-refractivity contribution in [1.82, 2.24) is 10.0 Å². The average molecular weight is 192 g/mol. The van der Waals surface area contributed by atoms with Crippen molar-refractivity contribution in [3.05, 3.63) is 0 Å². The van der Waals surface area contributed by atoms with E-state index >= 15 is 0 Å². The van der Waals surface area contributed by atoms with Crippen LogP contribution in [0.5, 0.6) is 0 Å². The SMILES string of the molecule is CS(=O)(=O)NC(=O)C1CCNC1. The van der Waals surface area contributed by atoms with Gasteiger partial charge in [0, 0.05) is 6.54 Å². The Bertz CT molecular complexity index is 267. The second kappa shape index (κ2) is 3.40. The molecule has 2 N–H and O–H groups in total. The molecule has 0 bridgehead atoms. The van der Waals surface area contributed by atoms with Gasteiger partial charge in [-0.3, -0.25) is 9.52 Å². The summed E-state index contributed by atoms with van der Waals surface area (Å²) in [6, 6.07) is 0. The quantitative estimate of drug-likeness (QED) is 0.568. The van der Waals surface area contributed by atoms with E-state index in [0.29, 0.717) is 13.0 Å². The highest BCUT2D eigenvalue weighted by Gasteiger charge is 2.24. The predicted octanol–water partition coefficient (Wildman–Crippen LogP) is -1.33. The van der Waals surface area contributed by atoms with Crippen LogP contribution in [0.2, 0.25) is 0 Å². The third-order valence-corrected chi connectivity index (χ3v) is 2.29. The molecule has 0 aromatic heterocycles. The fourth-order valence-electron chi connectivity index (χ4n) is 1.14. The fraction of sp³-hybridized carbons (Fsp3) is 0.833. The van der Waals surface area contributed by atoms with E-state index in [1.807, 2.05) is 4.72 Å². The maximum absolute atomic E-state index is 11.1. The van der Waals surface area contributed by atoms with E-state index in [9.17, 15) is 13.2 Å². The van der Waals surface area contributed by atoms with Gasteiger partial charge in [0.25, 0.3) is 0 Å². The van der Waals surface area contributed by atoms with Crippen LogP contribution in [0.15, 0.2) is 0 Å². The van der Waals surface area contributed by atoms with Gasteiger partial charge in [0.15, 0.2) is 0 Å². The normalized spacial score (nSPS) is 23.9. The van der Waals surface area contributed by atoms with Crippen LogP contribution in [-0.4, -0.2) is 33.7 Å². The lowest BCUT2D eigenvalue weighted by molar-refractivity contribution is -0.122. The lowest BCUT2D eigenvalue weighted by atomic mass is 10.1. The van der Waals surface area contributed by atoms with E-state index in [4.69, 9.17) is 0 Å². The van der Waals surface area contributed by atoms with E-state index in [1.165, 1.54) is 0 Å². The molecule has 70 valence electrons. The van der Waals surface area contributed by atoms with E-state index in [1.54, 1.807) is 0 Å². The molecule has 1 aliphatic rings. The highest BCUT2D eigenvalue weighted by molar-refractivity contribution is 7.89. The molecule has 12 heavy (non-hydrogen) atoms. The number of sulfonamides is 1. The first kappa shape index (κ1) is 9.47. The van der Waals surface area contributed by atoms with Gasteiger partial charge in [-0.2, -0.15) is 0 Å². The van der Waals surface area contributed by atoms with Crippen molar-refractivity contribution in [2.24, 2.45) is 5.92 Å². The maximum Gasteiger partial charge on any atom is 0.237 e. The molecule has 1 unspecified atom stereocenters. The Hall–Kier alpha value is -0.620. The van der Waals surface area contributed by atoms with Crippen LogP contribution in [0.3, 0.4) is 0 Å². The standard InChI is InChI=1S/C6H12N2O3S/c1-12(10,11)8-6(9)5-2-3-7-4-5/h5,7H,2-4H2,1H3,(H,8,9). The molecule has 1 fully saturated rings. The molecule has 0 radical (unpaired) electrons. The van der Waals surface area contributed by atoms with Gasteiger partial charge in [0.05, 0.1) is 12.2 Å². The molecular formula is C6H12N2O3S. The molecule has 1 rings (SSSR count). The van der Waals surface area contributed by atoms with E-state index in [-0.39, 0.29) is 5.92 Å². The van der Waals surface area contributed by atoms with Crippen LogP contribution in [0.1, 0.15) is 6.42 Å². The molecule has 5 nitrogen and oxygen atoms in total. The van der Waals surface area contributed by atoms with E-state index in [2.05, 4.69) is 5.32 Å². The molecule has 0 aromatic rings. The smallest absolute Gasteiger partial charge is 0.237 e. The summed E-state index contributed by atoms with van der Waals surface area (Å²) in [5.74, 6) is -0.595. The number of rotatable bonds is 2. The number of hydrogen-bond donors (Lipinski definition) is 2. The van der Waals surface area contributed by atoms with Crippen molar-refractivity contribution in [2.45, 2.75) is 6.42 Å². The monoisotopic (exact) mass is 192 g/mol. The molecule has 0 aliphatic carbocycles. The summed E-state index contributed by atoms with van der Waals surface area (Å²) in [4.78, 5) is 11.1. The van der Waals surface area contributed by atoms with Crippen LogP contribution >= 0.6 is 0 Å². The molecule has 1 heterocycles. The minimum absolute atomic E-state index is 0.195. The van der Waals surface area contributed by atoms with Crippen molar-refractivity contribution in [2.75, 3.05) is 19.3 Å². The molecule has 6 heteroatoms. The first-order valence-electron chi connectivity index (χ1n) is 3.71. The Morgan fingerprint density at radius 1 is 1.58 bits per heavy atom. The number of carbonyl (C=O) groups is 1. The minimum Gasteiger partial charge on any atom is -0.316 e. The Labute approximate surface area is 71.6 Å². The zero-order valence-electron chi connectivity index (χ0n) is 6.83. The highest BCUT2D eigenvalue weighted by Crippen LogP contribution is 2.07. The van der Waals surface area contributed by atoms with Crippen molar-refractivity contribution in [3.63, 3.8) is 0 Å². The highest BCUT2D eigenvalue weighted by atomic mass is 32.2. The summed E-state index contributed by atoms with van der Waals surface area (Å²) < 4.78 is 23.2. The Morgan fingerprint density at radius 3 is 2.67 bits per heavy atom. The van der Waals surface area contributed by atoms with Gasteiger partial charge in [-0.05, 0) is 13.0 Å². The predicted molar refractivity (Wildman–Crippen MR) is 44.0 cm³/mol. The van der Waals surface area contributed by atoms with Gasteiger partial charge in [0.1, 0.15) is 0 Å². The fourth-order valence-corrected chi connectivity index (χ4v) is 1.68. The molecule has 1 aliphatic heterocycles. The maximum atomic E-state index is 11.1. The summed E-state index contributed by atoms with van der Waals surface area (Å²) in [5, 5.41) is 2.98. The zero-order chi connectivity index (χ0) is 9.19. The second-order valence-electron chi connectivity index (χ2n) is 2.93. The van der Waals surface area contributed by atoms with Crippen LogP contribution in [-0.2, 0) is 14.8 Å². The number of amides is 1. The number of hydrogen-bond acceptors (Lipinski definition) is 4. The largest absolute Gasteiger partial charge is 0.316 e. The summed E-state index contributed by atoms with van der Waals surface area (Å²) in [6.45, 7) is 1.35. The summed E-state index contributed by atoms with van der Waals surface area (Å²) in [6.07, 6.45) is 1.69. The van der Waals surface area contributed by atoms with Crippen LogP contribution in [0, 0.1) is 5.92 Å². The van der Waals surface area contributed by atoms with Crippen LogP contribution < -0.4 is 10.0 Å². The molecule has 1 amide bonds. The van der Waals surface area contributed by atoms with Crippen molar-refractivity contribution in [3.8, 4) is 0 Å². The van der Waals surface area contributed by atoms with Crippen molar-refractivity contribution >= 4 is 15.9 Å². The Balaban J connectivity index is 2.48. The van der Waals surface area contributed by atoms with E-state index < -0.39 is 15.9 Å². The molecule has 0 spiro atoms. The lowest BCUT2D eigenvalue weighted by Gasteiger charge is -2.06. The van der Waals surface area contributed by atoms with Crippen LogP contribution in [0.25, 0.3) is 0 Å². The number of carbonyl (C=O) groups excluding carboxylic acids is 1. The second-order valence-corrected chi connectivity index (χ2v) is 4.68. The Kier molecular flexibility index (Phi) is 2.69. The first-order chi connectivity index (χ1) is 5.49. The third-order valence-electron chi connectivity index (χ3n) is 1.72. The van der Waals surface area contributed by atoms with Gasteiger partial charge in [-0.25, -0.2) is 8.42 Å². The van der Waals surface area contributed by atoms with Crippen LogP contribution in [0.4, 0.5) is 0 Å². The van der Waals surface area contributed by atoms with Gasteiger partial charge < -0.3 is 5.32 Å². The topological polar surface area (TPSA) is 75.3 Å². The summed E-state index contributed by atoms with van der Waals surface area (Å²) in [7, 11) is -3.39. The summed E-state index contributed by atoms with van der Waals surface area (Å²) in [5.41, 5.74) is 0. The van der Waals surface area contributed by atoms with Gasteiger partial charge in [0.2, 0.25) is 15.9 Å². The van der Waals surface area contributed by atoms with Gasteiger partial charge >= 0.3 is 0 Å².